The fraction of sp³-hybridized carbons (Fsp3) is 0.0333. The summed E-state index contributed by atoms with van der Waals surface area (Å²) in [5.74, 6) is -0.583. The number of hydrogen-bond donors (Lipinski definition) is 1. The van der Waals surface area contributed by atoms with Crippen LogP contribution in [0.25, 0.3) is 22.2 Å². The van der Waals surface area contributed by atoms with E-state index in [1.54, 1.807) is 48.5 Å². The fourth-order valence-electron chi connectivity index (χ4n) is 4.16. The van der Waals surface area contributed by atoms with E-state index < -0.39 is 0 Å². The highest BCUT2D eigenvalue weighted by atomic mass is 79.9. The normalized spacial score (nSPS) is 10.9. The van der Waals surface area contributed by atoms with Crippen LogP contribution < -0.4 is 5.32 Å². The third-order valence-electron chi connectivity index (χ3n) is 5.96. The van der Waals surface area contributed by atoms with Gasteiger partial charge in [0.25, 0.3) is 5.91 Å². The van der Waals surface area contributed by atoms with Crippen LogP contribution in [0.2, 0.25) is 5.02 Å². The van der Waals surface area contributed by atoms with Crippen molar-refractivity contribution in [1.82, 2.24) is 4.98 Å². The number of anilines is 1. The van der Waals surface area contributed by atoms with E-state index in [9.17, 15) is 9.59 Å². The Kier molecular flexibility index (Phi) is 7.24. The van der Waals surface area contributed by atoms with E-state index in [0.717, 1.165) is 25.6 Å². The van der Waals surface area contributed by atoms with Gasteiger partial charge in [0.15, 0.2) is 5.78 Å². The summed E-state index contributed by atoms with van der Waals surface area (Å²) >= 11 is 13.2. The van der Waals surface area contributed by atoms with Gasteiger partial charge in [-0.3, -0.25) is 9.59 Å². The topological polar surface area (TPSA) is 59.1 Å². The lowest BCUT2D eigenvalue weighted by Gasteiger charge is -2.15. The number of fused-ring (bicyclic) bond motifs is 1. The van der Waals surface area contributed by atoms with Gasteiger partial charge in [0.1, 0.15) is 0 Å². The first-order valence-electron chi connectivity index (χ1n) is 11.4. The number of carbonyl (C=O) groups is 2. The molecule has 1 aromatic heterocycles. The molecule has 1 N–H and O–H groups in total. The standard InChI is InChI=1S/C30H19Br2ClN2O2/c1-17-13-21(32)14-23-24(16-27(34-28(17)23)18-7-9-20(31)10-8-18)30(37)35-26-12-11-22(33)15-25(26)29(36)19-5-3-2-4-6-19/h2-16H,1H3,(H,35,37). The smallest absolute Gasteiger partial charge is 0.256 e. The summed E-state index contributed by atoms with van der Waals surface area (Å²) in [7, 11) is 0. The second-order valence-corrected chi connectivity index (χ2v) is 10.8. The van der Waals surface area contributed by atoms with Crippen molar-refractivity contribution in [3.05, 3.63) is 127 Å². The molecule has 0 atom stereocenters. The van der Waals surface area contributed by atoms with Gasteiger partial charge in [-0.05, 0) is 61.0 Å². The van der Waals surface area contributed by atoms with Gasteiger partial charge in [-0.1, -0.05) is 85.9 Å². The first-order valence-corrected chi connectivity index (χ1v) is 13.3. The zero-order valence-electron chi connectivity index (χ0n) is 19.6. The Morgan fingerprint density at radius 3 is 2.27 bits per heavy atom. The molecule has 0 aliphatic heterocycles. The number of nitrogens with zero attached hydrogens (tertiary/aromatic N) is 1. The summed E-state index contributed by atoms with van der Waals surface area (Å²) in [6.07, 6.45) is 0. The Balaban J connectivity index is 1.62. The van der Waals surface area contributed by atoms with Crippen molar-refractivity contribution in [2.75, 3.05) is 5.32 Å². The highest BCUT2D eigenvalue weighted by Crippen LogP contribution is 2.31. The summed E-state index contributed by atoms with van der Waals surface area (Å²) in [5.41, 5.74) is 4.86. The van der Waals surface area contributed by atoms with Gasteiger partial charge in [-0.2, -0.15) is 0 Å². The molecule has 7 heteroatoms. The number of nitrogens with one attached hydrogen (secondary N) is 1. The lowest BCUT2D eigenvalue weighted by molar-refractivity contribution is 0.102. The zero-order valence-corrected chi connectivity index (χ0v) is 23.5. The van der Waals surface area contributed by atoms with Crippen LogP contribution in [0.3, 0.4) is 0 Å². The van der Waals surface area contributed by atoms with Crippen molar-refractivity contribution in [3.63, 3.8) is 0 Å². The number of amides is 1. The maximum atomic E-state index is 13.8. The fourth-order valence-corrected chi connectivity index (χ4v) is 5.17. The van der Waals surface area contributed by atoms with E-state index in [1.807, 2.05) is 49.4 Å². The largest absolute Gasteiger partial charge is 0.321 e. The Hall–Kier alpha value is -3.32. The van der Waals surface area contributed by atoms with Crippen LogP contribution in [0.4, 0.5) is 5.69 Å². The van der Waals surface area contributed by atoms with Gasteiger partial charge in [0, 0.05) is 36.0 Å². The molecule has 5 aromatic rings. The van der Waals surface area contributed by atoms with Crippen molar-refractivity contribution < 1.29 is 9.59 Å². The molecule has 0 fully saturated rings. The van der Waals surface area contributed by atoms with Crippen molar-refractivity contribution in [1.29, 1.82) is 0 Å². The summed E-state index contributed by atoms with van der Waals surface area (Å²) in [5, 5.41) is 4.06. The molecule has 5 rings (SSSR count). The average molecular weight is 635 g/mol. The second kappa shape index (κ2) is 10.6. The summed E-state index contributed by atoms with van der Waals surface area (Å²) < 4.78 is 1.80. The first kappa shape index (κ1) is 25.3. The number of benzene rings is 4. The van der Waals surface area contributed by atoms with Gasteiger partial charge < -0.3 is 5.32 Å². The lowest BCUT2D eigenvalue weighted by Crippen LogP contribution is -2.16. The van der Waals surface area contributed by atoms with Crippen LogP contribution in [-0.4, -0.2) is 16.7 Å². The molecule has 0 aliphatic rings. The van der Waals surface area contributed by atoms with Crippen LogP contribution in [0, 0.1) is 6.92 Å². The van der Waals surface area contributed by atoms with Gasteiger partial charge in [-0.25, -0.2) is 4.98 Å². The number of pyridine rings is 1. The molecule has 0 aliphatic carbocycles. The van der Waals surface area contributed by atoms with Crippen LogP contribution in [0.15, 0.2) is 99.9 Å². The Morgan fingerprint density at radius 2 is 1.54 bits per heavy atom. The maximum absolute atomic E-state index is 13.8. The number of ketones is 1. The molecule has 0 saturated carbocycles. The number of aryl methyl sites for hydroxylation is 1. The van der Waals surface area contributed by atoms with Crippen molar-refractivity contribution in [3.8, 4) is 11.3 Å². The van der Waals surface area contributed by atoms with Crippen LogP contribution in [-0.2, 0) is 0 Å². The van der Waals surface area contributed by atoms with E-state index in [2.05, 4.69) is 37.2 Å². The number of aromatic nitrogens is 1. The zero-order chi connectivity index (χ0) is 26.1. The van der Waals surface area contributed by atoms with Crippen molar-refractivity contribution in [2.45, 2.75) is 6.92 Å². The molecule has 0 radical (unpaired) electrons. The molecule has 0 saturated heterocycles. The van der Waals surface area contributed by atoms with Gasteiger partial charge in [0.05, 0.1) is 22.5 Å². The molecule has 4 nitrogen and oxygen atoms in total. The minimum Gasteiger partial charge on any atom is -0.321 e. The number of carbonyl (C=O) groups excluding carboxylic acids is 2. The molecule has 37 heavy (non-hydrogen) atoms. The molecule has 4 aromatic carbocycles. The van der Waals surface area contributed by atoms with Crippen LogP contribution in [0.5, 0.6) is 0 Å². The third-order valence-corrected chi connectivity index (χ3v) is 7.19. The van der Waals surface area contributed by atoms with E-state index in [-0.39, 0.29) is 11.7 Å². The highest BCUT2D eigenvalue weighted by molar-refractivity contribution is 9.10. The van der Waals surface area contributed by atoms with Crippen LogP contribution >= 0.6 is 43.5 Å². The maximum Gasteiger partial charge on any atom is 0.256 e. The molecule has 1 amide bonds. The Labute approximate surface area is 236 Å². The van der Waals surface area contributed by atoms with Gasteiger partial charge in [-0.15, -0.1) is 0 Å². The predicted molar refractivity (Wildman–Crippen MR) is 157 cm³/mol. The monoisotopic (exact) mass is 632 g/mol. The number of halogens is 3. The number of rotatable bonds is 5. The van der Waals surface area contributed by atoms with Crippen molar-refractivity contribution in [2.24, 2.45) is 0 Å². The third kappa shape index (κ3) is 5.37. The second-order valence-electron chi connectivity index (χ2n) is 8.52. The molecule has 0 unspecified atom stereocenters. The molecular weight excluding hydrogens is 616 g/mol. The quantitative estimate of drug-likeness (QED) is 0.197. The van der Waals surface area contributed by atoms with E-state index >= 15 is 0 Å². The summed E-state index contributed by atoms with van der Waals surface area (Å²) in [4.78, 5) is 31.9. The molecular formula is C30H19Br2ClN2O2. The first-order chi connectivity index (χ1) is 17.8. The van der Waals surface area contributed by atoms with Crippen molar-refractivity contribution >= 4 is 71.7 Å². The summed E-state index contributed by atoms with van der Waals surface area (Å²) in [6.45, 7) is 1.96. The van der Waals surface area contributed by atoms with E-state index in [0.29, 0.717) is 38.5 Å². The SMILES string of the molecule is Cc1cc(Br)cc2c(C(=O)Nc3ccc(Cl)cc3C(=O)c3ccccc3)cc(-c3ccc(Br)cc3)nc12. The number of hydrogen-bond acceptors (Lipinski definition) is 3. The average Bonchev–Trinajstić information content (AvgIpc) is 2.89. The lowest BCUT2D eigenvalue weighted by atomic mass is 10.00. The Morgan fingerprint density at radius 1 is 0.811 bits per heavy atom. The molecule has 182 valence electrons. The van der Waals surface area contributed by atoms with E-state index in [1.165, 1.54) is 0 Å². The van der Waals surface area contributed by atoms with E-state index in [4.69, 9.17) is 16.6 Å². The summed E-state index contributed by atoms with van der Waals surface area (Å²) in [6, 6.07) is 27.2. The van der Waals surface area contributed by atoms with Crippen LogP contribution in [0.1, 0.15) is 31.8 Å². The highest BCUT2D eigenvalue weighted by Gasteiger charge is 2.20. The molecule has 0 spiro atoms. The molecule has 1 heterocycles. The molecule has 0 bridgehead atoms. The van der Waals surface area contributed by atoms with Gasteiger partial charge in [0.2, 0.25) is 0 Å². The van der Waals surface area contributed by atoms with Gasteiger partial charge >= 0.3 is 0 Å². The minimum absolute atomic E-state index is 0.230. The predicted octanol–water partition coefficient (Wildman–Crippen LogP) is 8.87. The Bertz CT molecular complexity index is 1670. The minimum atomic E-state index is -0.354.